The van der Waals surface area contributed by atoms with Gasteiger partial charge in [0.05, 0.1) is 13.2 Å². The third-order valence-electron chi connectivity index (χ3n) is 4.29. The third kappa shape index (κ3) is 4.87. The van der Waals surface area contributed by atoms with Crippen molar-refractivity contribution < 1.29 is 9.53 Å². The van der Waals surface area contributed by atoms with Crippen molar-refractivity contribution in [3.05, 3.63) is 35.7 Å². The van der Waals surface area contributed by atoms with Crippen LogP contribution in [-0.2, 0) is 4.74 Å². The average molecular weight is 343 g/mol. The van der Waals surface area contributed by atoms with Crippen molar-refractivity contribution in [3.8, 4) is 11.4 Å². The second-order valence-corrected chi connectivity index (χ2v) is 6.55. The van der Waals surface area contributed by atoms with Crippen molar-refractivity contribution in [2.75, 3.05) is 39.4 Å². The molecule has 7 nitrogen and oxygen atoms in total. The van der Waals surface area contributed by atoms with Crippen LogP contribution in [0.25, 0.3) is 11.4 Å². The number of ether oxygens (including phenoxy) is 1. The first-order valence-electron chi connectivity index (χ1n) is 8.69. The van der Waals surface area contributed by atoms with Gasteiger partial charge in [0.2, 0.25) is 0 Å². The second kappa shape index (κ2) is 8.22. The topological polar surface area (TPSA) is 83.1 Å². The molecular formula is C18H25N5O2. The maximum absolute atomic E-state index is 12.3. The lowest BCUT2D eigenvalue weighted by Gasteiger charge is -2.29. The monoisotopic (exact) mass is 343 g/mol. The molecule has 1 amide bonds. The standard InChI is InChI=1S/C18H25N5O2/c1-13(12-23-7-9-25-10-8-23)11-19-18(24)16-5-3-15(4-6-16)17-20-14(2)21-22-17/h3-6,13H,7-12H2,1-2H3,(H,19,24)(H,20,21,22)/t13-/m1/s1. The number of rotatable bonds is 6. The summed E-state index contributed by atoms with van der Waals surface area (Å²) in [5.74, 6) is 1.76. The van der Waals surface area contributed by atoms with Crippen molar-refractivity contribution in [1.82, 2.24) is 25.4 Å². The zero-order valence-electron chi connectivity index (χ0n) is 14.8. The molecule has 134 valence electrons. The highest BCUT2D eigenvalue weighted by Gasteiger charge is 2.15. The lowest BCUT2D eigenvalue weighted by atomic mass is 10.1. The fraction of sp³-hybridized carbons (Fsp3) is 0.500. The summed E-state index contributed by atoms with van der Waals surface area (Å²) in [5, 5.41) is 9.96. The lowest BCUT2D eigenvalue weighted by molar-refractivity contribution is 0.0317. The Balaban J connectivity index is 1.49. The summed E-state index contributed by atoms with van der Waals surface area (Å²) in [6.07, 6.45) is 0. The quantitative estimate of drug-likeness (QED) is 0.830. The number of benzene rings is 1. The van der Waals surface area contributed by atoms with Gasteiger partial charge in [-0.3, -0.25) is 14.8 Å². The number of amides is 1. The van der Waals surface area contributed by atoms with Crippen LogP contribution in [0.15, 0.2) is 24.3 Å². The minimum Gasteiger partial charge on any atom is -0.379 e. The summed E-state index contributed by atoms with van der Waals surface area (Å²) in [7, 11) is 0. The molecule has 1 fully saturated rings. The summed E-state index contributed by atoms with van der Waals surface area (Å²) in [5.41, 5.74) is 1.54. The number of hydrogen-bond acceptors (Lipinski definition) is 5. The highest BCUT2D eigenvalue weighted by molar-refractivity contribution is 5.94. The van der Waals surface area contributed by atoms with Crippen molar-refractivity contribution in [3.63, 3.8) is 0 Å². The van der Waals surface area contributed by atoms with Gasteiger partial charge < -0.3 is 10.1 Å². The van der Waals surface area contributed by atoms with Crippen LogP contribution in [0.5, 0.6) is 0 Å². The first kappa shape index (κ1) is 17.6. The molecule has 0 aliphatic carbocycles. The predicted octanol–water partition coefficient (Wildman–Crippen LogP) is 1.48. The zero-order chi connectivity index (χ0) is 17.6. The van der Waals surface area contributed by atoms with E-state index in [0.29, 0.717) is 23.9 Å². The number of morpholine rings is 1. The molecule has 1 aromatic heterocycles. The number of aryl methyl sites for hydroxylation is 1. The van der Waals surface area contributed by atoms with E-state index in [1.54, 1.807) is 0 Å². The maximum atomic E-state index is 12.3. The summed E-state index contributed by atoms with van der Waals surface area (Å²) < 4.78 is 5.36. The van der Waals surface area contributed by atoms with Crippen molar-refractivity contribution in [2.24, 2.45) is 5.92 Å². The van der Waals surface area contributed by atoms with Gasteiger partial charge in [-0.25, -0.2) is 4.98 Å². The second-order valence-electron chi connectivity index (χ2n) is 6.55. The Kier molecular flexibility index (Phi) is 5.78. The Morgan fingerprint density at radius 1 is 1.32 bits per heavy atom. The number of nitrogens with one attached hydrogen (secondary N) is 2. The molecule has 0 radical (unpaired) electrons. The van der Waals surface area contributed by atoms with Crippen molar-refractivity contribution in [1.29, 1.82) is 0 Å². The van der Waals surface area contributed by atoms with E-state index >= 15 is 0 Å². The van der Waals surface area contributed by atoms with Crippen LogP contribution in [0.4, 0.5) is 0 Å². The van der Waals surface area contributed by atoms with Crippen LogP contribution in [-0.4, -0.2) is 65.4 Å². The van der Waals surface area contributed by atoms with E-state index in [1.165, 1.54) is 0 Å². The van der Waals surface area contributed by atoms with Gasteiger partial charge in [0.1, 0.15) is 5.82 Å². The Hall–Kier alpha value is -2.25. The van der Waals surface area contributed by atoms with Gasteiger partial charge in [0.15, 0.2) is 5.82 Å². The lowest BCUT2D eigenvalue weighted by Crippen LogP contribution is -2.41. The number of aromatic nitrogens is 3. The SMILES string of the molecule is Cc1nc(-c2ccc(C(=O)NC[C@@H](C)CN3CCOCC3)cc2)n[nH]1. The van der Waals surface area contributed by atoms with Crippen LogP contribution in [0.1, 0.15) is 23.1 Å². The summed E-state index contributed by atoms with van der Waals surface area (Å²) >= 11 is 0. The van der Waals surface area contributed by atoms with Crippen LogP contribution in [0.2, 0.25) is 0 Å². The summed E-state index contributed by atoms with van der Waals surface area (Å²) in [6, 6.07) is 7.36. The molecule has 1 aliphatic heterocycles. The molecule has 0 bridgehead atoms. The molecule has 3 rings (SSSR count). The number of carbonyl (C=O) groups excluding carboxylic acids is 1. The van der Waals surface area contributed by atoms with Crippen LogP contribution < -0.4 is 5.32 Å². The third-order valence-corrected chi connectivity index (χ3v) is 4.29. The van der Waals surface area contributed by atoms with E-state index in [-0.39, 0.29) is 5.91 Å². The van der Waals surface area contributed by atoms with Crippen LogP contribution >= 0.6 is 0 Å². The largest absolute Gasteiger partial charge is 0.379 e. The molecule has 2 N–H and O–H groups in total. The van der Waals surface area contributed by atoms with Crippen LogP contribution in [0.3, 0.4) is 0 Å². The molecular weight excluding hydrogens is 318 g/mol. The Bertz CT molecular complexity index is 692. The fourth-order valence-corrected chi connectivity index (χ4v) is 2.90. The molecule has 1 aromatic carbocycles. The van der Waals surface area contributed by atoms with Crippen LogP contribution in [0, 0.1) is 12.8 Å². The molecule has 2 aromatic rings. The minimum atomic E-state index is -0.0495. The molecule has 0 unspecified atom stereocenters. The first-order valence-corrected chi connectivity index (χ1v) is 8.69. The zero-order valence-corrected chi connectivity index (χ0v) is 14.8. The van der Waals surface area contributed by atoms with Gasteiger partial charge in [-0.05, 0) is 25.0 Å². The van der Waals surface area contributed by atoms with E-state index in [2.05, 4.69) is 32.3 Å². The van der Waals surface area contributed by atoms with E-state index < -0.39 is 0 Å². The highest BCUT2D eigenvalue weighted by atomic mass is 16.5. The molecule has 1 atom stereocenters. The number of aromatic amines is 1. The van der Waals surface area contributed by atoms with E-state index in [0.717, 1.165) is 44.2 Å². The minimum absolute atomic E-state index is 0.0495. The maximum Gasteiger partial charge on any atom is 0.251 e. The fourth-order valence-electron chi connectivity index (χ4n) is 2.90. The van der Waals surface area contributed by atoms with Gasteiger partial charge in [0, 0.05) is 37.3 Å². The van der Waals surface area contributed by atoms with E-state index in [1.807, 2.05) is 31.2 Å². The Morgan fingerprint density at radius 2 is 2.04 bits per heavy atom. The normalized spacial score (nSPS) is 16.6. The molecule has 0 saturated carbocycles. The Labute approximate surface area is 147 Å². The number of nitrogens with zero attached hydrogens (tertiary/aromatic N) is 3. The van der Waals surface area contributed by atoms with E-state index in [4.69, 9.17) is 4.74 Å². The summed E-state index contributed by atoms with van der Waals surface area (Å²) in [4.78, 5) is 19.0. The smallest absolute Gasteiger partial charge is 0.251 e. The predicted molar refractivity (Wildman–Crippen MR) is 95.3 cm³/mol. The van der Waals surface area contributed by atoms with E-state index in [9.17, 15) is 4.79 Å². The molecule has 1 saturated heterocycles. The van der Waals surface area contributed by atoms with Crippen molar-refractivity contribution in [2.45, 2.75) is 13.8 Å². The average Bonchev–Trinajstić information content (AvgIpc) is 3.07. The van der Waals surface area contributed by atoms with Gasteiger partial charge in [-0.1, -0.05) is 19.1 Å². The van der Waals surface area contributed by atoms with Gasteiger partial charge in [0.25, 0.3) is 5.91 Å². The van der Waals surface area contributed by atoms with Crippen molar-refractivity contribution >= 4 is 5.91 Å². The molecule has 25 heavy (non-hydrogen) atoms. The molecule has 7 heteroatoms. The Morgan fingerprint density at radius 3 is 2.68 bits per heavy atom. The summed E-state index contributed by atoms with van der Waals surface area (Å²) in [6.45, 7) is 9.21. The van der Waals surface area contributed by atoms with Gasteiger partial charge in [-0.2, -0.15) is 5.10 Å². The number of H-pyrrole nitrogens is 1. The number of hydrogen-bond donors (Lipinski definition) is 2. The highest BCUT2D eigenvalue weighted by Crippen LogP contribution is 2.15. The molecule has 0 spiro atoms. The van der Waals surface area contributed by atoms with Gasteiger partial charge in [-0.15, -0.1) is 0 Å². The van der Waals surface area contributed by atoms with Gasteiger partial charge >= 0.3 is 0 Å². The molecule has 1 aliphatic rings. The first-order chi connectivity index (χ1) is 12.1. The number of carbonyl (C=O) groups is 1. The molecule has 2 heterocycles.